The van der Waals surface area contributed by atoms with Crippen LogP contribution in [-0.2, 0) is 0 Å². The predicted molar refractivity (Wildman–Crippen MR) is 86.1 cm³/mol. The molecule has 0 amide bonds. The molecule has 128 valence electrons. The lowest BCUT2D eigenvalue weighted by Crippen LogP contribution is -2.05. The van der Waals surface area contributed by atoms with Crippen LogP contribution in [0.4, 0.5) is 40.7 Å². The zero-order chi connectivity index (χ0) is 18.0. The third-order valence-corrected chi connectivity index (χ3v) is 3.23. The fourth-order valence-corrected chi connectivity index (χ4v) is 2.15. The van der Waals surface area contributed by atoms with Crippen LogP contribution in [0.25, 0.3) is 0 Å². The summed E-state index contributed by atoms with van der Waals surface area (Å²) in [7, 11) is 0. The number of aryl methyl sites for hydroxylation is 1. The molecule has 2 aromatic carbocycles. The van der Waals surface area contributed by atoms with E-state index in [2.05, 4.69) is 20.6 Å². The van der Waals surface area contributed by atoms with Crippen molar-refractivity contribution in [3.8, 4) is 0 Å². The van der Waals surface area contributed by atoms with E-state index in [-0.39, 0.29) is 11.6 Å². The Bertz CT molecular complexity index is 931. The highest BCUT2D eigenvalue weighted by molar-refractivity contribution is 5.60. The van der Waals surface area contributed by atoms with Crippen molar-refractivity contribution >= 4 is 23.1 Å². The Morgan fingerprint density at radius 2 is 1.64 bits per heavy atom. The molecule has 0 spiro atoms. The summed E-state index contributed by atoms with van der Waals surface area (Å²) in [6.45, 7) is 1.67. The number of nitrogens with one attached hydrogen (secondary N) is 2. The summed E-state index contributed by atoms with van der Waals surface area (Å²) in [6.07, 6.45) is 0. The van der Waals surface area contributed by atoms with E-state index < -0.39 is 23.3 Å². The van der Waals surface area contributed by atoms with E-state index in [0.717, 1.165) is 12.1 Å². The van der Waals surface area contributed by atoms with Crippen LogP contribution >= 0.6 is 0 Å². The fraction of sp³-hybridized carbons (Fsp3) is 0.0588. The third-order valence-electron chi connectivity index (χ3n) is 3.23. The molecule has 8 heteroatoms. The lowest BCUT2D eigenvalue weighted by molar-refractivity contribution is 0.449. The summed E-state index contributed by atoms with van der Waals surface area (Å²) in [4.78, 5) is 8.17. The van der Waals surface area contributed by atoms with Crippen molar-refractivity contribution in [1.29, 1.82) is 0 Å². The number of anilines is 4. The van der Waals surface area contributed by atoms with E-state index in [0.29, 0.717) is 17.2 Å². The fourth-order valence-electron chi connectivity index (χ4n) is 2.15. The molecule has 25 heavy (non-hydrogen) atoms. The Hall–Kier alpha value is -3.16. The highest BCUT2D eigenvalue weighted by Crippen LogP contribution is 2.23. The number of aromatic nitrogens is 2. The molecule has 0 fully saturated rings. The maximum atomic E-state index is 13.8. The van der Waals surface area contributed by atoms with E-state index in [1.807, 2.05) is 0 Å². The topological polar surface area (TPSA) is 49.8 Å². The lowest BCUT2D eigenvalue weighted by Gasteiger charge is -2.11. The van der Waals surface area contributed by atoms with Crippen molar-refractivity contribution in [1.82, 2.24) is 9.97 Å². The molecule has 0 bridgehead atoms. The first kappa shape index (κ1) is 16.7. The van der Waals surface area contributed by atoms with Crippen LogP contribution < -0.4 is 10.6 Å². The first-order chi connectivity index (χ1) is 11.9. The van der Waals surface area contributed by atoms with E-state index in [4.69, 9.17) is 0 Å². The molecule has 0 saturated carbocycles. The van der Waals surface area contributed by atoms with E-state index >= 15 is 0 Å². The summed E-state index contributed by atoms with van der Waals surface area (Å²) in [5, 5.41) is 5.39. The average molecular weight is 348 g/mol. The molecule has 3 rings (SSSR count). The Kier molecular flexibility index (Phi) is 4.51. The number of benzene rings is 2. The Balaban J connectivity index is 1.88. The number of halogens is 4. The van der Waals surface area contributed by atoms with Gasteiger partial charge in [0, 0.05) is 17.4 Å². The zero-order valence-corrected chi connectivity index (χ0v) is 12.9. The molecule has 0 saturated heterocycles. The molecule has 1 heterocycles. The number of hydrogen-bond acceptors (Lipinski definition) is 4. The van der Waals surface area contributed by atoms with Crippen molar-refractivity contribution in [2.75, 3.05) is 10.6 Å². The maximum absolute atomic E-state index is 13.8. The quantitative estimate of drug-likeness (QED) is 0.524. The van der Waals surface area contributed by atoms with Gasteiger partial charge in [-0.1, -0.05) is 6.07 Å². The van der Waals surface area contributed by atoms with Gasteiger partial charge in [0.25, 0.3) is 0 Å². The molecule has 4 nitrogen and oxygen atoms in total. The number of nitrogens with zero attached hydrogens (tertiary/aromatic N) is 2. The van der Waals surface area contributed by atoms with Gasteiger partial charge in [-0.3, -0.25) is 0 Å². The van der Waals surface area contributed by atoms with E-state index in [1.165, 1.54) is 18.2 Å². The Labute approximate surface area is 140 Å². The number of hydrogen-bond donors (Lipinski definition) is 2. The predicted octanol–water partition coefficient (Wildman–Crippen LogP) is 4.83. The van der Waals surface area contributed by atoms with Crippen LogP contribution in [0.2, 0.25) is 0 Å². The van der Waals surface area contributed by atoms with Crippen LogP contribution in [0.3, 0.4) is 0 Å². The molecule has 0 atom stereocenters. The van der Waals surface area contributed by atoms with Gasteiger partial charge in [0.1, 0.15) is 11.6 Å². The van der Waals surface area contributed by atoms with Gasteiger partial charge >= 0.3 is 0 Å². The Morgan fingerprint density at radius 3 is 2.40 bits per heavy atom. The van der Waals surface area contributed by atoms with Crippen LogP contribution in [-0.4, -0.2) is 9.97 Å². The van der Waals surface area contributed by atoms with E-state index in [9.17, 15) is 17.6 Å². The molecule has 1 aromatic heterocycles. The van der Waals surface area contributed by atoms with Gasteiger partial charge < -0.3 is 10.6 Å². The molecule has 0 aliphatic rings. The highest BCUT2D eigenvalue weighted by Gasteiger charge is 2.14. The van der Waals surface area contributed by atoms with Crippen molar-refractivity contribution < 1.29 is 17.6 Å². The third kappa shape index (κ3) is 3.85. The first-order valence-corrected chi connectivity index (χ1v) is 7.21. The van der Waals surface area contributed by atoms with Crippen molar-refractivity contribution in [2.24, 2.45) is 0 Å². The Morgan fingerprint density at radius 1 is 0.840 bits per heavy atom. The van der Waals surface area contributed by atoms with Crippen LogP contribution in [0, 0.1) is 30.2 Å². The second kappa shape index (κ2) is 6.76. The minimum absolute atomic E-state index is 0.0242. The zero-order valence-electron chi connectivity index (χ0n) is 12.9. The summed E-state index contributed by atoms with van der Waals surface area (Å²) in [5.74, 6) is -4.37. The molecule has 3 aromatic rings. The minimum atomic E-state index is -1.59. The SMILES string of the molecule is Cc1cc(Nc2cccc(F)c2)nc(Nc2ccc(F)c(F)c2F)n1. The second-order valence-corrected chi connectivity index (χ2v) is 5.20. The molecule has 0 aliphatic heterocycles. The molecule has 0 aliphatic carbocycles. The molecule has 2 N–H and O–H groups in total. The summed E-state index contributed by atoms with van der Waals surface area (Å²) in [6, 6.07) is 9.18. The smallest absolute Gasteiger partial charge is 0.229 e. The van der Waals surface area contributed by atoms with Gasteiger partial charge in [-0.25, -0.2) is 22.5 Å². The van der Waals surface area contributed by atoms with Crippen molar-refractivity contribution in [3.05, 3.63) is 71.4 Å². The molecular formula is C17H12F4N4. The first-order valence-electron chi connectivity index (χ1n) is 7.21. The second-order valence-electron chi connectivity index (χ2n) is 5.20. The van der Waals surface area contributed by atoms with Crippen molar-refractivity contribution in [2.45, 2.75) is 6.92 Å². The largest absolute Gasteiger partial charge is 0.340 e. The van der Waals surface area contributed by atoms with Gasteiger partial charge in [0.2, 0.25) is 5.95 Å². The molecule has 0 unspecified atom stereocenters. The molecular weight excluding hydrogens is 336 g/mol. The van der Waals surface area contributed by atoms with Gasteiger partial charge in [-0.2, -0.15) is 4.98 Å². The average Bonchev–Trinajstić information content (AvgIpc) is 2.55. The summed E-state index contributed by atoms with van der Waals surface area (Å²) >= 11 is 0. The van der Waals surface area contributed by atoms with E-state index in [1.54, 1.807) is 19.1 Å². The summed E-state index contributed by atoms with van der Waals surface area (Å²) in [5.41, 5.74) is 0.684. The maximum Gasteiger partial charge on any atom is 0.229 e. The van der Waals surface area contributed by atoms with Crippen LogP contribution in [0.15, 0.2) is 42.5 Å². The van der Waals surface area contributed by atoms with Gasteiger partial charge in [0.05, 0.1) is 5.69 Å². The van der Waals surface area contributed by atoms with Gasteiger partial charge in [-0.05, 0) is 37.3 Å². The molecule has 0 radical (unpaired) electrons. The van der Waals surface area contributed by atoms with Crippen molar-refractivity contribution in [3.63, 3.8) is 0 Å². The van der Waals surface area contributed by atoms with Crippen LogP contribution in [0.1, 0.15) is 5.69 Å². The van der Waals surface area contributed by atoms with Gasteiger partial charge in [0.15, 0.2) is 17.5 Å². The number of rotatable bonds is 4. The van der Waals surface area contributed by atoms with Gasteiger partial charge in [-0.15, -0.1) is 0 Å². The minimum Gasteiger partial charge on any atom is -0.340 e. The monoisotopic (exact) mass is 348 g/mol. The summed E-state index contributed by atoms with van der Waals surface area (Å²) < 4.78 is 53.3. The highest BCUT2D eigenvalue weighted by atomic mass is 19.2. The van der Waals surface area contributed by atoms with Crippen LogP contribution in [0.5, 0.6) is 0 Å². The lowest BCUT2D eigenvalue weighted by atomic mass is 10.3. The normalized spacial score (nSPS) is 10.6. The standard InChI is InChI=1S/C17H12F4N4/c1-9-7-14(23-11-4-2-3-10(18)8-11)25-17(22-9)24-13-6-5-12(19)15(20)16(13)21/h2-8H,1H3,(H2,22,23,24,25).